The van der Waals surface area contributed by atoms with Gasteiger partial charge in [-0.1, -0.05) is 23.8 Å². The van der Waals surface area contributed by atoms with Crippen LogP contribution in [0, 0.1) is 13.8 Å². The van der Waals surface area contributed by atoms with Gasteiger partial charge in [0.05, 0.1) is 6.42 Å². The number of nitrogens with zero attached hydrogens (tertiary/aromatic N) is 1. The third-order valence-electron chi connectivity index (χ3n) is 4.08. The molecule has 3 nitrogen and oxygen atoms in total. The zero-order valence-electron chi connectivity index (χ0n) is 12.1. The molecule has 0 aliphatic carbocycles. The number of piperidine rings is 1. The number of benzene rings is 1. The molecule has 0 bridgehead atoms. The molecule has 2 N–H and O–H groups in total. The smallest absolute Gasteiger partial charge is 0.227 e. The number of carbonyl (C=O) groups excluding carboxylic acids is 1. The Balaban J connectivity index is 2.06. The maximum absolute atomic E-state index is 12.4. The highest BCUT2D eigenvalue weighted by atomic mass is 16.2. The second-order valence-electron chi connectivity index (χ2n) is 5.83. The molecule has 1 fully saturated rings. The summed E-state index contributed by atoms with van der Waals surface area (Å²) in [5, 5.41) is 0. The van der Waals surface area contributed by atoms with Gasteiger partial charge in [-0.05, 0) is 44.7 Å². The summed E-state index contributed by atoms with van der Waals surface area (Å²) in [7, 11) is 0. The summed E-state index contributed by atoms with van der Waals surface area (Å²) in [5.74, 6) is 0.230. The van der Waals surface area contributed by atoms with Crippen molar-refractivity contribution in [3.05, 3.63) is 34.9 Å². The maximum atomic E-state index is 12.4. The van der Waals surface area contributed by atoms with Gasteiger partial charge < -0.3 is 10.6 Å². The Bertz CT molecular complexity index is 470. The lowest BCUT2D eigenvalue weighted by Crippen LogP contribution is -2.48. The number of likely N-dealkylation sites (tertiary alicyclic amines) is 1. The van der Waals surface area contributed by atoms with Crippen LogP contribution in [-0.4, -0.2) is 29.4 Å². The molecule has 1 aliphatic rings. The van der Waals surface area contributed by atoms with Gasteiger partial charge in [-0.2, -0.15) is 0 Å². The first-order valence-electron chi connectivity index (χ1n) is 7.08. The van der Waals surface area contributed by atoms with Crippen molar-refractivity contribution in [2.45, 2.75) is 52.1 Å². The standard InChI is InChI=1S/C16H24N2O/c1-11-4-5-12(2)14(8-11)10-16(19)18-7-6-15(17)9-13(18)3/h4-5,8,13,15H,6-7,9-10,17H2,1-3H3/t13-,15+/m1/s1. The van der Waals surface area contributed by atoms with Crippen molar-refractivity contribution in [2.75, 3.05) is 6.54 Å². The van der Waals surface area contributed by atoms with E-state index in [2.05, 4.69) is 39.0 Å². The Kier molecular flexibility index (Phi) is 4.25. The molecule has 1 amide bonds. The molecule has 1 aromatic rings. The first-order valence-corrected chi connectivity index (χ1v) is 7.08. The van der Waals surface area contributed by atoms with Gasteiger partial charge in [0.2, 0.25) is 5.91 Å². The topological polar surface area (TPSA) is 46.3 Å². The van der Waals surface area contributed by atoms with Gasteiger partial charge in [0.25, 0.3) is 0 Å². The Morgan fingerprint density at radius 2 is 2.16 bits per heavy atom. The van der Waals surface area contributed by atoms with E-state index in [1.165, 1.54) is 11.1 Å². The number of hydrogen-bond acceptors (Lipinski definition) is 2. The fourth-order valence-corrected chi connectivity index (χ4v) is 2.83. The molecule has 2 atom stereocenters. The van der Waals surface area contributed by atoms with Crippen molar-refractivity contribution in [2.24, 2.45) is 5.73 Å². The molecule has 1 aromatic carbocycles. The second kappa shape index (κ2) is 5.74. The molecule has 0 aromatic heterocycles. The Labute approximate surface area is 115 Å². The maximum Gasteiger partial charge on any atom is 0.227 e. The monoisotopic (exact) mass is 260 g/mol. The number of nitrogens with two attached hydrogens (primary N) is 1. The van der Waals surface area contributed by atoms with E-state index in [1.807, 2.05) is 4.90 Å². The lowest BCUT2D eigenvalue weighted by Gasteiger charge is -2.36. The van der Waals surface area contributed by atoms with Gasteiger partial charge in [0, 0.05) is 18.6 Å². The van der Waals surface area contributed by atoms with Crippen molar-refractivity contribution in [3.63, 3.8) is 0 Å². The SMILES string of the molecule is Cc1ccc(C)c(CC(=O)N2CC[C@H](N)C[C@H]2C)c1. The highest BCUT2D eigenvalue weighted by Crippen LogP contribution is 2.19. The van der Waals surface area contributed by atoms with Gasteiger partial charge in [0.1, 0.15) is 0 Å². The molecule has 2 rings (SSSR count). The summed E-state index contributed by atoms with van der Waals surface area (Å²) in [6.45, 7) is 7.03. The summed E-state index contributed by atoms with van der Waals surface area (Å²) in [5.41, 5.74) is 9.50. The molecular formula is C16H24N2O. The normalized spacial score (nSPS) is 23.5. The highest BCUT2D eigenvalue weighted by Gasteiger charge is 2.26. The quantitative estimate of drug-likeness (QED) is 0.886. The molecule has 104 valence electrons. The van der Waals surface area contributed by atoms with Crippen LogP contribution in [0.1, 0.15) is 36.5 Å². The third-order valence-corrected chi connectivity index (χ3v) is 4.08. The van der Waals surface area contributed by atoms with E-state index in [0.29, 0.717) is 6.42 Å². The molecular weight excluding hydrogens is 236 g/mol. The van der Waals surface area contributed by atoms with E-state index in [4.69, 9.17) is 5.73 Å². The third kappa shape index (κ3) is 3.35. The van der Waals surface area contributed by atoms with Crippen molar-refractivity contribution in [1.82, 2.24) is 4.90 Å². The fourth-order valence-electron chi connectivity index (χ4n) is 2.83. The minimum Gasteiger partial charge on any atom is -0.340 e. The van der Waals surface area contributed by atoms with E-state index in [1.54, 1.807) is 0 Å². The van der Waals surface area contributed by atoms with Crippen LogP contribution in [0.4, 0.5) is 0 Å². The Morgan fingerprint density at radius 3 is 2.84 bits per heavy atom. The number of hydrogen-bond donors (Lipinski definition) is 1. The van der Waals surface area contributed by atoms with Gasteiger partial charge in [-0.15, -0.1) is 0 Å². The molecule has 0 radical (unpaired) electrons. The van der Waals surface area contributed by atoms with Crippen molar-refractivity contribution < 1.29 is 4.79 Å². The number of amides is 1. The number of rotatable bonds is 2. The van der Waals surface area contributed by atoms with E-state index >= 15 is 0 Å². The van der Waals surface area contributed by atoms with Crippen LogP contribution in [-0.2, 0) is 11.2 Å². The van der Waals surface area contributed by atoms with Gasteiger partial charge in [0.15, 0.2) is 0 Å². The van der Waals surface area contributed by atoms with Crippen LogP contribution >= 0.6 is 0 Å². The first-order chi connectivity index (χ1) is 8.97. The molecule has 1 aliphatic heterocycles. The largest absolute Gasteiger partial charge is 0.340 e. The van der Waals surface area contributed by atoms with Crippen LogP contribution in [0.3, 0.4) is 0 Å². The average Bonchev–Trinajstić information content (AvgIpc) is 2.33. The molecule has 3 heteroatoms. The molecule has 1 heterocycles. The number of aryl methyl sites for hydroxylation is 2. The van der Waals surface area contributed by atoms with E-state index in [0.717, 1.165) is 24.9 Å². The molecule has 19 heavy (non-hydrogen) atoms. The van der Waals surface area contributed by atoms with E-state index in [9.17, 15) is 4.79 Å². The zero-order valence-corrected chi connectivity index (χ0v) is 12.1. The highest BCUT2D eigenvalue weighted by molar-refractivity contribution is 5.79. The minimum absolute atomic E-state index is 0.230. The molecule has 0 saturated carbocycles. The zero-order chi connectivity index (χ0) is 14.0. The Morgan fingerprint density at radius 1 is 1.42 bits per heavy atom. The van der Waals surface area contributed by atoms with E-state index < -0.39 is 0 Å². The van der Waals surface area contributed by atoms with Crippen LogP contribution < -0.4 is 5.73 Å². The van der Waals surface area contributed by atoms with Crippen LogP contribution in [0.25, 0.3) is 0 Å². The number of carbonyl (C=O) groups is 1. The van der Waals surface area contributed by atoms with Crippen LogP contribution in [0.15, 0.2) is 18.2 Å². The lowest BCUT2D eigenvalue weighted by molar-refractivity contribution is -0.133. The van der Waals surface area contributed by atoms with Crippen molar-refractivity contribution in [3.8, 4) is 0 Å². The molecule has 0 unspecified atom stereocenters. The minimum atomic E-state index is 0.230. The van der Waals surface area contributed by atoms with Crippen LogP contribution in [0.5, 0.6) is 0 Å². The second-order valence-corrected chi connectivity index (χ2v) is 5.83. The van der Waals surface area contributed by atoms with Crippen LogP contribution in [0.2, 0.25) is 0 Å². The first kappa shape index (κ1) is 14.1. The predicted octanol–water partition coefficient (Wildman–Crippen LogP) is 2.18. The van der Waals surface area contributed by atoms with Gasteiger partial charge in [-0.3, -0.25) is 4.79 Å². The summed E-state index contributed by atoms with van der Waals surface area (Å²) < 4.78 is 0. The summed E-state index contributed by atoms with van der Waals surface area (Å²) in [6.07, 6.45) is 2.34. The average molecular weight is 260 g/mol. The lowest BCUT2D eigenvalue weighted by atomic mass is 9.97. The Hall–Kier alpha value is -1.35. The summed E-state index contributed by atoms with van der Waals surface area (Å²) >= 11 is 0. The van der Waals surface area contributed by atoms with Crippen molar-refractivity contribution in [1.29, 1.82) is 0 Å². The fraction of sp³-hybridized carbons (Fsp3) is 0.562. The summed E-state index contributed by atoms with van der Waals surface area (Å²) in [4.78, 5) is 14.4. The molecule has 0 spiro atoms. The summed E-state index contributed by atoms with van der Waals surface area (Å²) in [6, 6.07) is 6.81. The van der Waals surface area contributed by atoms with Gasteiger partial charge in [-0.25, -0.2) is 0 Å². The molecule has 1 saturated heterocycles. The van der Waals surface area contributed by atoms with E-state index in [-0.39, 0.29) is 18.0 Å². The predicted molar refractivity (Wildman–Crippen MR) is 78.0 cm³/mol. The van der Waals surface area contributed by atoms with Crippen molar-refractivity contribution >= 4 is 5.91 Å². The van der Waals surface area contributed by atoms with Gasteiger partial charge >= 0.3 is 0 Å².